The van der Waals surface area contributed by atoms with Crippen molar-refractivity contribution in [2.24, 2.45) is 5.18 Å². The molecule has 27 heavy (non-hydrogen) atoms. The zero-order chi connectivity index (χ0) is 18.6. The second-order valence-electron chi connectivity index (χ2n) is 5.86. The van der Waals surface area contributed by atoms with E-state index >= 15 is 0 Å². The van der Waals surface area contributed by atoms with Crippen molar-refractivity contribution in [3.8, 4) is 28.2 Å². The van der Waals surface area contributed by atoms with Crippen LogP contribution in [0.1, 0.15) is 5.56 Å². The van der Waals surface area contributed by atoms with Crippen molar-refractivity contribution >= 4 is 0 Å². The molecule has 0 saturated heterocycles. The molecule has 0 radical (unpaired) electrons. The van der Waals surface area contributed by atoms with Gasteiger partial charge in [0, 0.05) is 5.56 Å². The van der Waals surface area contributed by atoms with Gasteiger partial charge >= 0.3 is 0 Å². The molecule has 132 valence electrons. The molecule has 0 N–H and O–H groups in total. The van der Waals surface area contributed by atoms with Gasteiger partial charge in [0.2, 0.25) is 0 Å². The Balaban J connectivity index is 1.91. The van der Waals surface area contributed by atoms with E-state index in [2.05, 4.69) is 20.7 Å². The number of nitroso groups, excluding NO2 is 1. The fourth-order valence-electron chi connectivity index (χ4n) is 3.04. The minimum Gasteiger partial charge on any atom is -0.205 e. The van der Waals surface area contributed by atoms with Gasteiger partial charge < -0.3 is 0 Å². The molecule has 7 heteroatoms. The van der Waals surface area contributed by atoms with Gasteiger partial charge in [0.1, 0.15) is 18.0 Å². The normalized spacial score (nSPS) is 10.7. The van der Waals surface area contributed by atoms with Gasteiger partial charge in [0.25, 0.3) is 0 Å². The number of halogens is 1. The molecular formula is C20H14FN5O. The summed E-state index contributed by atoms with van der Waals surface area (Å²) in [6.07, 6.45) is 0. The van der Waals surface area contributed by atoms with Crippen molar-refractivity contribution in [3.05, 3.63) is 89.1 Å². The van der Waals surface area contributed by atoms with Crippen molar-refractivity contribution in [2.75, 3.05) is 0 Å². The van der Waals surface area contributed by atoms with E-state index in [9.17, 15) is 9.30 Å². The van der Waals surface area contributed by atoms with Gasteiger partial charge in [-0.15, -0.1) is 5.10 Å². The molecule has 0 spiro atoms. The summed E-state index contributed by atoms with van der Waals surface area (Å²) in [5, 5.41) is 14.8. The predicted octanol–water partition coefficient (Wildman–Crippen LogP) is 4.40. The number of para-hydroxylation sites is 1. The fraction of sp³-hybridized carbons (Fsp3) is 0.0500. The monoisotopic (exact) mass is 359 g/mol. The van der Waals surface area contributed by atoms with E-state index in [0.717, 1.165) is 22.3 Å². The molecule has 1 heterocycles. The molecule has 0 aliphatic carbocycles. The smallest absolute Gasteiger partial charge is 0.187 e. The van der Waals surface area contributed by atoms with Crippen LogP contribution in [-0.4, -0.2) is 20.2 Å². The number of hydrogen-bond acceptors (Lipinski definition) is 5. The number of rotatable bonds is 5. The Kier molecular flexibility index (Phi) is 4.49. The summed E-state index contributed by atoms with van der Waals surface area (Å²) >= 11 is 0. The molecule has 1 aromatic heterocycles. The molecule has 0 fully saturated rings. The Morgan fingerprint density at radius 1 is 0.852 bits per heavy atom. The zero-order valence-electron chi connectivity index (χ0n) is 14.2. The van der Waals surface area contributed by atoms with E-state index in [4.69, 9.17) is 0 Å². The SMILES string of the molecule is O=NCc1ccccc1-c1ccccc1-c1nnnn1-c1ccccc1F. The highest BCUT2D eigenvalue weighted by Gasteiger charge is 2.18. The van der Waals surface area contributed by atoms with Crippen molar-refractivity contribution in [3.63, 3.8) is 0 Å². The summed E-state index contributed by atoms with van der Waals surface area (Å²) in [6, 6.07) is 21.4. The lowest BCUT2D eigenvalue weighted by Crippen LogP contribution is -2.03. The molecule has 6 nitrogen and oxygen atoms in total. The van der Waals surface area contributed by atoms with Crippen molar-refractivity contribution < 1.29 is 4.39 Å². The summed E-state index contributed by atoms with van der Waals surface area (Å²) in [5.74, 6) is -0.0151. The van der Waals surface area contributed by atoms with Crippen molar-refractivity contribution in [1.82, 2.24) is 20.2 Å². The Labute approximate surface area is 154 Å². The number of hydrogen-bond donors (Lipinski definition) is 0. The molecule has 4 rings (SSSR count). The molecule has 0 aliphatic rings. The van der Waals surface area contributed by atoms with Gasteiger partial charge in [-0.3, -0.25) is 0 Å². The maximum Gasteiger partial charge on any atom is 0.187 e. The van der Waals surface area contributed by atoms with Gasteiger partial charge in [0.05, 0.1) is 0 Å². The highest BCUT2D eigenvalue weighted by molar-refractivity contribution is 5.82. The Hall–Kier alpha value is -3.74. The third kappa shape index (κ3) is 3.10. The quantitative estimate of drug-likeness (QED) is 0.495. The molecule has 0 unspecified atom stereocenters. The first-order valence-corrected chi connectivity index (χ1v) is 8.29. The van der Waals surface area contributed by atoms with E-state index in [1.807, 2.05) is 48.5 Å². The summed E-state index contributed by atoms with van der Waals surface area (Å²) in [7, 11) is 0. The highest BCUT2D eigenvalue weighted by atomic mass is 19.1. The minimum absolute atomic E-state index is 0.0583. The Morgan fingerprint density at radius 2 is 1.52 bits per heavy atom. The molecule has 4 aromatic rings. The van der Waals surface area contributed by atoms with Gasteiger partial charge in [-0.25, -0.2) is 4.39 Å². The minimum atomic E-state index is -0.422. The van der Waals surface area contributed by atoms with E-state index in [1.54, 1.807) is 18.2 Å². The molecule has 3 aromatic carbocycles. The Bertz CT molecular complexity index is 1110. The molecule has 0 amide bonds. The van der Waals surface area contributed by atoms with E-state index in [-0.39, 0.29) is 12.2 Å². The first-order chi connectivity index (χ1) is 13.3. The van der Waals surface area contributed by atoms with Crippen molar-refractivity contribution in [2.45, 2.75) is 6.54 Å². The average Bonchev–Trinajstić information content (AvgIpc) is 3.18. The standard InChI is InChI=1S/C20H14FN5O/c21-18-11-5-6-12-19(18)26-20(23-24-25-26)17-10-4-3-9-16(17)15-8-2-1-7-14(15)13-22-27/h1-12H,13H2. The largest absolute Gasteiger partial charge is 0.205 e. The molecular weight excluding hydrogens is 345 g/mol. The van der Waals surface area contributed by atoms with E-state index < -0.39 is 5.82 Å². The lowest BCUT2D eigenvalue weighted by molar-refractivity contribution is 0.608. The van der Waals surface area contributed by atoms with Gasteiger partial charge in [-0.05, 0) is 39.2 Å². The average molecular weight is 359 g/mol. The van der Waals surface area contributed by atoms with Crippen LogP contribution in [0, 0.1) is 10.7 Å². The summed E-state index contributed by atoms with van der Waals surface area (Å²) in [4.78, 5) is 10.8. The van der Waals surface area contributed by atoms with Crippen LogP contribution in [-0.2, 0) is 6.54 Å². The second kappa shape index (κ2) is 7.25. The number of benzene rings is 3. The van der Waals surface area contributed by atoms with Crippen LogP contribution in [0.2, 0.25) is 0 Å². The van der Waals surface area contributed by atoms with Gasteiger partial charge in [-0.1, -0.05) is 65.8 Å². The first-order valence-electron chi connectivity index (χ1n) is 8.29. The summed E-state index contributed by atoms with van der Waals surface area (Å²) in [6.45, 7) is 0.0583. The van der Waals surface area contributed by atoms with Crippen LogP contribution in [0.4, 0.5) is 4.39 Å². The summed E-state index contributed by atoms with van der Waals surface area (Å²) in [5.41, 5.74) is 3.48. The van der Waals surface area contributed by atoms with Crippen LogP contribution >= 0.6 is 0 Å². The molecule has 0 saturated carbocycles. The number of nitrogens with zero attached hydrogens (tertiary/aromatic N) is 5. The van der Waals surface area contributed by atoms with Gasteiger partial charge in [0.15, 0.2) is 5.82 Å². The fourth-order valence-corrected chi connectivity index (χ4v) is 3.04. The van der Waals surface area contributed by atoms with Crippen LogP contribution in [0.5, 0.6) is 0 Å². The number of aromatic nitrogens is 4. The molecule has 0 atom stereocenters. The Morgan fingerprint density at radius 3 is 2.30 bits per heavy atom. The highest BCUT2D eigenvalue weighted by Crippen LogP contribution is 2.34. The molecule has 0 aliphatic heterocycles. The van der Waals surface area contributed by atoms with Crippen LogP contribution in [0.15, 0.2) is 78.0 Å². The topological polar surface area (TPSA) is 73.0 Å². The third-order valence-corrected chi connectivity index (χ3v) is 4.26. The maximum absolute atomic E-state index is 14.3. The van der Waals surface area contributed by atoms with Crippen molar-refractivity contribution in [1.29, 1.82) is 0 Å². The van der Waals surface area contributed by atoms with E-state index in [0.29, 0.717) is 5.82 Å². The first kappa shape index (κ1) is 16.7. The summed E-state index contributed by atoms with van der Waals surface area (Å²) < 4.78 is 15.6. The lowest BCUT2D eigenvalue weighted by atomic mass is 9.95. The van der Waals surface area contributed by atoms with Crippen LogP contribution in [0.3, 0.4) is 0 Å². The van der Waals surface area contributed by atoms with Crippen LogP contribution < -0.4 is 0 Å². The predicted molar refractivity (Wildman–Crippen MR) is 99.5 cm³/mol. The lowest BCUT2D eigenvalue weighted by Gasteiger charge is -2.12. The second-order valence-corrected chi connectivity index (χ2v) is 5.86. The third-order valence-electron chi connectivity index (χ3n) is 4.26. The number of tetrazole rings is 1. The zero-order valence-corrected chi connectivity index (χ0v) is 14.2. The maximum atomic E-state index is 14.3. The van der Waals surface area contributed by atoms with E-state index in [1.165, 1.54) is 10.7 Å². The molecule has 0 bridgehead atoms. The van der Waals surface area contributed by atoms with Crippen LogP contribution in [0.25, 0.3) is 28.2 Å². The van der Waals surface area contributed by atoms with Gasteiger partial charge in [-0.2, -0.15) is 9.59 Å².